The Morgan fingerprint density at radius 2 is 2.11 bits per heavy atom. The fourth-order valence-electron chi connectivity index (χ4n) is 2.42. The maximum atomic E-state index is 11.6. The first-order chi connectivity index (χ1) is 9.13. The van der Waals surface area contributed by atoms with Gasteiger partial charge in [-0.3, -0.25) is 9.69 Å². The fourth-order valence-corrected chi connectivity index (χ4v) is 2.42. The summed E-state index contributed by atoms with van der Waals surface area (Å²) in [6.07, 6.45) is 0. The van der Waals surface area contributed by atoms with Crippen molar-refractivity contribution < 1.29 is 19.4 Å². The van der Waals surface area contributed by atoms with Gasteiger partial charge in [0.2, 0.25) is 0 Å². The SMILES string of the molecule is COc1ccc(C(C(=O)O)N2CCOCC2)cc1C. The van der Waals surface area contributed by atoms with Gasteiger partial charge in [0, 0.05) is 13.1 Å². The Morgan fingerprint density at radius 3 is 2.63 bits per heavy atom. The smallest absolute Gasteiger partial charge is 0.325 e. The number of aliphatic carboxylic acids is 1. The molecule has 0 saturated carbocycles. The summed E-state index contributed by atoms with van der Waals surface area (Å²) in [6.45, 7) is 4.36. The zero-order valence-electron chi connectivity index (χ0n) is 11.3. The van der Waals surface area contributed by atoms with E-state index in [0.717, 1.165) is 16.9 Å². The van der Waals surface area contributed by atoms with Crippen molar-refractivity contribution in [3.63, 3.8) is 0 Å². The van der Waals surface area contributed by atoms with Crippen LogP contribution in [-0.2, 0) is 9.53 Å². The highest BCUT2D eigenvalue weighted by Crippen LogP contribution is 2.27. The standard InChI is InChI=1S/C14H19NO4/c1-10-9-11(3-4-12(10)18-2)13(14(16)17)15-5-7-19-8-6-15/h3-4,9,13H,5-8H2,1-2H3,(H,16,17). The molecular weight excluding hydrogens is 246 g/mol. The van der Waals surface area contributed by atoms with Crippen molar-refractivity contribution in [2.45, 2.75) is 13.0 Å². The summed E-state index contributed by atoms with van der Waals surface area (Å²) in [7, 11) is 1.61. The molecule has 0 radical (unpaired) electrons. The van der Waals surface area contributed by atoms with E-state index in [-0.39, 0.29) is 0 Å². The first kappa shape index (κ1) is 13.8. The maximum absolute atomic E-state index is 11.6. The number of nitrogens with zero attached hydrogens (tertiary/aromatic N) is 1. The molecule has 1 heterocycles. The molecule has 1 saturated heterocycles. The zero-order chi connectivity index (χ0) is 13.8. The average molecular weight is 265 g/mol. The lowest BCUT2D eigenvalue weighted by atomic mass is 10.0. The number of morpholine rings is 1. The molecule has 1 aromatic rings. The van der Waals surface area contributed by atoms with Crippen molar-refractivity contribution in [2.24, 2.45) is 0 Å². The van der Waals surface area contributed by atoms with Crippen LogP contribution in [0.25, 0.3) is 0 Å². The van der Waals surface area contributed by atoms with E-state index in [1.165, 1.54) is 0 Å². The van der Waals surface area contributed by atoms with Crippen LogP contribution in [0.5, 0.6) is 5.75 Å². The second-order valence-corrected chi connectivity index (χ2v) is 4.62. The molecule has 1 fully saturated rings. The lowest BCUT2D eigenvalue weighted by molar-refractivity contribution is -0.145. The molecule has 5 nitrogen and oxygen atoms in total. The van der Waals surface area contributed by atoms with Crippen LogP contribution in [0, 0.1) is 6.92 Å². The molecule has 1 aliphatic rings. The summed E-state index contributed by atoms with van der Waals surface area (Å²) in [5.41, 5.74) is 1.73. The fraction of sp³-hybridized carbons (Fsp3) is 0.500. The van der Waals surface area contributed by atoms with E-state index in [4.69, 9.17) is 9.47 Å². The molecule has 19 heavy (non-hydrogen) atoms. The van der Waals surface area contributed by atoms with Crippen molar-refractivity contribution >= 4 is 5.97 Å². The number of benzene rings is 1. The Hall–Kier alpha value is -1.59. The Balaban J connectivity index is 2.28. The van der Waals surface area contributed by atoms with Gasteiger partial charge in [-0.2, -0.15) is 0 Å². The highest BCUT2D eigenvalue weighted by atomic mass is 16.5. The summed E-state index contributed by atoms with van der Waals surface area (Å²) >= 11 is 0. The summed E-state index contributed by atoms with van der Waals surface area (Å²) in [5, 5.41) is 9.48. The van der Waals surface area contributed by atoms with Gasteiger partial charge in [-0.25, -0.2) is 0 Å². The minimum Gasteiger partial charge on any atom is -0.496 e. The molecule has 0 aromatic heterocycles. The number of aryl methyl sites for hydroxylation is 1. The molecule has 1 unspecified atom stereocenters. The van der Waals surface area contributed by atoms with E-state index in [1.807, 2.05) is 30.0 Å². The number of hydrogen-bond acceptors (Lipinski definition) is 4. The monoisotopic (exact) mass is 265 g/mol. The number of ether oxygens (including phenoxy) is 2. The van der Waals surface area contributed by atoms with Gasteiger partial charge < -0.3 is 14.6 Å². The molecule has 0 bridgehead atoms. The predicted octanol–water partition coefficient (Wildman–Crippen LogP) is 1.46. The largest absolute Gasteiger partial charge is 0.496 e. The first-order valence-electron chi connectivity index (χ1n) is 6.32. The lowest BCUT2D eigenvalue weighted by Crippen LogP contribution is -2.42. The molecule has 1 N–H and O–H groups in total. The minimum absolute atomic E-state index is 0.582. The maximum Gasteiger partial charge on any atom is 0.325 e. The third-order valence-corrected chi connectivity index (χ3v) is 3.38. The third kappa shape index (κ3) is 3.05. The lowest BCUT2D eigenvalue weighted by Gasteiger charge is -2.32. The zero-order valence-corrected chi connectivity index (χ0v) is 11.3. The Labute approximate surface area is 112 Å². The number of carbonyl (C=O) groups is 1. The highest BCUT2D eigenvalue weighted by molar-refractivity contribution is 5.75. The van der Waals surface area contributed by atoms with Gasteiger partial charge in [-0.1, -0.05) is 12.1 Å². The molecule has 0 amide bonds. The van der Waals surface area contributed by atoms with E-state index >= 15 is 0 Å². The van der Waals surface area contributed by atoms with Gasteiger partial charge in [0.05, 0.1) is 20.3 Å². The molecular formula is C14H19NO4. The van der Waals surface area contributed by atoms with Crippen LogP contribution in [0.15, 0.2) is 18.2 Å². The van der Waals surface area contributed by atoms with Crippen LogP contribution in [0.2, 0.25) is 0 Å². The number of hydrogen-bond donors (Lipinski definition) is 1. The van der Waals surface area contributed by atoms with Crippen LogP contribution < -0.4 is 4.74 Å². The average Bonchev–Trinajstić information content (AvgIpc) is 2.40. The van der Waals surface area contributed by atoms with Crippen molar-refractivity contribution in [3.05, 3.63) is 29.3 Å². The van der Waals surface area contributed by atoms with E-state index < -0.39 is 12.0 Å². The van der Waals surface area contributed by atoms with Crippen molar-refractivity contribution in [2.75, 3.05) is 33.4 Å². The van der Waals surface area contributed by atoms with Gasteiger partial charge in [0.25, 0.3) is 0 Å². The highest BCUT2D eigenvalue weighted by Gasteiger charge is 2.29. The topological polar surface area (TPSA) is 59.0 Å². The molecule has 1 atom stereocenters. The Bertz CT molecular complexity index is 455. The summed E-state index contributed by atoms with van der Waals surface area (Å²) < 4.78 is 10.5. The molecule has 0 spiro atoms. The van der Waals surface area contributed by atoms with Gasteiger partial charge in [0.15, 0.2) is 0 Å². The van der Waals surface area contributed by atoms with E-state index in [9.17, 15) is 9.90 Å². The molecule has 1 aliphatic heterocycles. The van der Waals surface area contributed by atoms with E-state index in [0.29, 0.717) is 26.3 Å². The normalized spacial score (nSPS) is 18.0. The Kier molecular flexibility index (Phi) is 4.39. The quantitative estimate of drug-likeness (QED) is 0.893. The number of carboxylic acid groups (broad SMARTS) is 1. The van der Waals surface area contributed by atoms with E-state index in [1.54, 1.807) is 7.11 Å². The molecule has 2 rings (SSSR count). The third-order valence-electron chi connectivity index (χ3n) is 3.38. The summed E-state index contributed by atoms with van der Waals surface area (Å²) in [5.74, 6) is -0.0543. The van der Waals surface area contributed by atoms with Crippen LogP contribution >= 0.6 is 0 Å². The van der Waals surface area contributed by atoms with Gasteiger partial charge in [-0.05, 0) is 24.1 Å². The van der Waals surface area contributed by atoms with Crippen LogP contribution in [0.4, 0.5) is 0 Å². The minimum atomic E-state index is -0.827. The molecule has 1 aromatic carbocycles. The summed E-state index contributed by atoms with van der Waals surface area (Å²) in [4.78, 5) is 13.5. The van der Waals surface area contributed by atoms with Crippen LogP contribution in [0.1, 0.15) is 17.2 Å². The van der Waals surface area contributed by atoms with Crippen molar-refractivity contribution in [1.82, 2.24) is 4.90 Å². The molecule has 5 heteroatoms. The summed E-state index contributed by atoms with van der Waals surface area (Å²) in [6, 6.07) is 4.90. The van der Waals surface area contributed by atoms with Crippen molar-refractivity contribution in [1.29, 1.82) is 0 Å². The second-order valence-electron chi connectivity index (χ2n) is 4.62. The predicted molar refractivity (Wildman–Crippen MR) is 70.5 cm³/mol. The van der Waals surface area contributed by atoms with Gasteiger partial charge in [-0.15, -0.1) is 0 Å². The molecule has 0 aliphatic carbocycles. The van der Waals surface area contributed by atoms with Crippen LogP contribution in [0.3, 0.4) is 0 Å². The Morgan fingerprint density at radius 1 is 1.42 bits per heavy atom. The number of rotatable bonds is 4. The van der Waals surface area contributed by atoms with Gasteiger partial charge >= 0.3 is 5.97 Å². The second kappa shape index (κ2) is 6.04. The first-order valence-corrected chi connectivity index (χ1v) is 6.32. The van der Waals surface area contributed by atoms with Crippen LogP contribution in [-0.4, -0.2) is 49.4 Å². The number of carboxylic acids is 1. The van der Waals surface area contributed by atoms with Gasteiger partial charge in [0.1, 0.15) is 11.8 Å². The van der Waals surface area contributed by atoms with E-state index in [2.05, 4.69) is 0 Å². The molecule has 104 valence electrons. The number of methoxy groups -OCH3 is 1. The van der Waals surface area contributed by atoms with Crippen molar-refractivity contribution in [3.8, 4) is 5.75 Å².